The van der Waals surface area contributed by atoms with Gasteiger partial charge in [-0.2, -0.15) is 0 Å². The number of rotatable bonds is 8. The van der Waals surface area contributed by atoms with Gasteiger partial charge in [0.25, 0.3) is 0 Å². The fraction of sp³-hybridized carbons (Fsp3) is 0.588. The average Bonchev–Trinajstić information content (AvgIpc) is 3.38. The van der Waals surface area contributed by atoms with Crippen LogP contribution in [-0.2, 0) is 28.6 Å². The van der Waals surface area contributed by atoms with E-state index in [1.165, 1.54) is 0 Å². The highest BCUT2D eigenvalue weighted by atomic mass is 16.6. The molecule has 0 spiro atoms. The lowest BCUT2D eigenvalue weighted by Gasteiger charge is -2.34. The van der Waals surface area contributed by atoms with Crippen molar-refractivity contribution in [3.8, 4) is 0 Å². The molecule has 1 heterocycles. The number of hydrogen-bond acceptors (Lipinski definition) is 6. The van der Waals surface area contributed by atoms with Crippen molar-refractivity contribution in [2.75, 3.05) is 13.2 Å². The van der Waals surface area contributed by atoms with Gasteiger partial charge in [-0.1, -0.05) is 18.7 Å². The second-order valence-electron chi connectivity index (χ2n) is 6.13. The van der Waals surface area contributed by atoms with Gasteiger partial charge in [-0.05, 0) is 19.8 Å². The number of epoxide rings is 1. The Morgan fingerprint density at radius 2 is 2.21 bits per heavy atom. The van der Waals surface area contributed by atoms with Crippen LogP contribution in [0, 0.1) is 11.3 Å². The van der Waals surface area contributed by atoms with Crippen LogP contribution < -0.4 is 0 Å². The third-order valence-electron chi connectivity index (χ3n) is 4.39. The van der Waals surface area contributed by atoms with Gasteiger partial charge < -0.3 is 19.3 Å². The van der Waals surface area contributed by atoms with Crippen LogP contribution in [-0.4, -0.2) is 48.4 Å². The van der Waals surface area contributed by atoms with Crippen molar-refractivity contribution in [1.29, 1.82) is 0 Å². The average molecular weight is 338 g/mol. The summed E-state index contributed by atoms with van der Waals surface area (Å²) in [5.41, 5.74) is -1.21. The van der Waals surface area contributed by atoms with Gasteiger partial charge in [-0.3, -0.25) is 9.59 Å². The standard InChI is InChI=1S/C17H22O7/c1-3-14(18)22-9-7-12(13-10-23-13)24-16(21)17(2)8-5-4-6-11(17)15(19)20/h3,5,8,11-13H,1,4,6-7,9-10H2,2H3,(H,19,20). The Morgan fingerprint density at radius 1 is 1.50 bits per heavy atom. The van der Waals surface area contributed by atoms with Gasteiger partial charge in [0.1, 0.15) is 12.2 Å². The molecule has 1 aliphatic heterocycles. The van der Waals surface area contributed by atoms with Crippen molar-refractivity contribution >= 4 is 17.9 Å². The largest absolute Gasteiger partial charge is 0.481 e. The maximum Gasteiger partial charge on any atom is 0.330 e. The van der Waals surface area contributed by atoms with Crippen LogP contribution in [0.25, 0.3) is 0 Å². The molecule has 0 radical (unpaired) electrons. The van der Waals surface area contributed by atoms with E-state index in [4.69, 9.17) is 14.2 Å². The Kier molecular flexibility index (Phi) is 5.77. The van der Waals surface area contributed by atoms with Gasteiger partial charge in [0.15, 0.2) is 0 Å². The summed E-state index contributed by atoms with van der Waals surface area (Å²) < 4.78 is 15.6. The summed E-state index contributed by atoms with van der Waals surface area (Å²) in [6, 6.07) is 0. The van der Waals surface area contributed by atoms with E-state index in [9.17, 15) is 19.5 Å². The molecule has 4 atom stereocenters. The molecule has 7 heteroatoms. The molecule has 7 nitrogen and oxygen atoms in total. The number of esters is 2. The van der Waals surface area contributed by atoms with Crippen molar-refractivity contribution in [3.63, 3.8) is 0 Å². The lowest BCUT2D eigenvalue weighted by Crippen LogP contribution is -2.43. The van der Waals surface area contributed by atoms with E-state index in [0.29, 0.717) is 19.4 Å². The number of carbonyl (C=O) groups excluding carboxylic acids is 2. The smallest absolute Gasteiger partial charge is 0.330 e. The Balaban J connectivity index is 2.00. The molecule has 2 aliphatic rings. The van der Waals surface area contributed by atoms with Gasteiger partial charge in [0.05, 0.1) is 24.5 Å². The van der Waals surface area contributed by atoms with E-state index in [1.54, 1.807) is 19.1 Å². The number of carbonyl (C=O) groups is 3. The van der Waals surface area contributed by atoms with Crippen LogP contribution >= 0.6 is 0 Å². The highest BCUT2D eigenvalue weighted by Gasteiger charge is 2.48. The molecule has 1 N–H and O–H groups in total. The first-order valence-corrected chi connectivity index (χ1v) is 7.91. The van der Waals surface area contributed by atoms with Gasteiger partial charge in [-0.25, -0.2) is 4.79 Å². The first-order valence-electron chi connectivity index (χ1n) is 7.91. The molecule has 1 aliphatic carbocycles. The van der Waals surface area contributed by atoms with Gasteiger partial charge >= 0.3 is 17.9 Å². The van der Waals surface area contributed by atoms with Crippen LogP contribution in [0.15, 0.2) is 24.8 Å². The molecular formula is C17H22O7. The molecular weight excluding hydrogens is 316 g/mol. The first kappa shape index (κ1) is 18.2. The minimum Gasteiger partial charge on any atom is -0.481 e. The van der Waals surface area contributed by atoms with E-state index in [1.807, 2.05) is 0 Å². The van der Waals surface area contributed by atoms with E-state index < -0.39 is 35.3 Å². The third-order valence-corrected chi connectivity index (χ3v) is 4.39. The number of carboxylic acids is 1. The van der Waals surface area contributed by atoms with Crippen molar-refractivity contribution in [2.45, 2.75) is 38.4 Å². The fourth-order valence-electron chi connectivity index (χ4n) is 2.79. The van der Waals surface area contributed by atoms with E-state index in [2.05, 4.69) is 6.58 Å². The summed E-state index contributed by atoms with van der Waals surface area (Å²) >= 11 is 0. The minimum atomic E-state index is -1.21. The summed E-state index contributed by atoms with van der Waals surface area (Å²) in [5.74, 6) is -2.99. The Hall–Kier alpha value is -2.15. The van der Waals surface area contributed by atoms with Gasteiger partial charge in [0.2, 0.25) is 0 Å². The van der Waals surface area contributed by atoms with Crippen molar-refractivity contribution in [1.82, 2.24) is 0 Å². The second kappa shape index (κ2) is 7.61. The summed E-state index contributed by atoms with van der Waals surface area (Å²) in [4.78, 5) is 35.1. The van der Waals surface area contributed by atoms with Crippen LogP contribution in [0.5, 0.6) is 0 Å². The Labute approximate surface area is 140 Å². The summed E-state index contributed by atoms with van der Waals surface area (Å²) in [6.07, 6.45) is 4.95. The molecule has 0 aromatic carbocycles. The zero-order valence-corrected chi connectivity index (χ0v) is 13.6. The summed E-state index contributed by atoms with van der Waals surface area (Å²) in [6.45, 7) is 5.40. The van der Waals surface area contributed by atoms with Crippen LogP contribution in [0.2, 0.25) is 0 Å². The summed E-state index contributed by atoms with van der Waals surface area (Å²) in [5, 5.41) is 9.37. The van der Waals surface area contributed by atoms with Crippen LogP contribution in [0.4, 0.5) is 0 Å². The summed E-state index contributed by atoms with van der Waals surface area (Å²) in [7, 11) is 0. The molecule has 4 unspecified atom stereocenters. The lowest BCUT2D eigenvalue weighted by molar-refractivity contribution is -0.169. The van der Waals surface area contributed by atoms with Gasteiger partial charge in [-0.15, -0.1) is 0 Å². The second-order valence-corrected chi connectivity index (χ2v) is 6.13. The zero-order valence-electron chi connectivity index (χ0n) is 13.6. The number of ether oxygens (including phenoxy) is 3. The molecule has 0 aromatic rings. The molecule has 0 aromatic heterocycles. The molecule has 24 heavy (non-hydrogen) atoms. The normalized spacial score (nSPS) is 29.4. The number of carboxylic acid groups (broad SMARTS) is 1. The Bertz CT molecular complexity index is 549. The fourth-order valence-corrected chi connectivity index (χ4v) is 2.79. The van der Waals surface area contributed by atoms with E-state index in [0.717, 1.165) is 6.08 Å². The SMILES string of the molecule is C=CC(=O)OCCC(OC(=O)C1(C)C=CCCC1C(=O)O)C1CO1. The maximum absolute atomic E-state index is 12.6. The highest BCUT2D eigenvalue weighted by molar-refractivity contribution is 5.86. The minimum absolute atomic E-state index is 0.0670. The molecule has 132 valence electrons. The molecule has 2 rings (SSSR count). The quantitative estimate of drug-likeness (QED) is 0.309. The lowest BCUT2D eigenvalue weighted by atomic mass is 9.71. The van der Waals surface area contributed by atoms with Crippen molar-refractivity contribution in [3.05, 3.63) is 24.8 Å². The Morgan fingerprint density at radius 3 is 2.79 bits per heavy atom. The number of aliphatic carboxylic acids is 1. The molecule has 1 saturated heterocycles. The van der Waals surface area contributed by atoms with E-state index >= 15 is 0 Å². The predicted molar refractivity (Wildman–Crippen MR) is 83.0 cm³/mol. The third kappa shape index (κ3) is 4.23. The maximum atomic E-state index is 12.6. The number of hydrogen-bond donors (Lipinski definition) is 1. The van der Waals surface area contributed by atoms with Crippen molar-refractivity contribution < 1.29 is 33.7 Å². The zero-order chi connectivity index (χ0) is 17.7. The molecule has 0 amide bonds. The molecule has 0 saturated carbocycles. The predicted octanol–water partition coefficient (Wildman–Crippen LogP) is 1.47. The molecule has 0 bridgehead atoms. The monoisotopic (exact) mass is 338 g/mol. The van der Waals surface area contributed by atoms with E-state index in [-0.39, 0.29) is 19.1 Å². The molecule has 1 fully saturated rings. The first-order chi connectivity index (χ1) is 11.4. The van der Waals surface area contributed by atoms with Gasteiger partial charge in [0, 0.05) is 12.5 Å². The van der Waals surface area contributed by atoms with Crippen molar-refractivity contribution in [2.24, 2.45) is 11.3 Å². The highest BCUT2D eigenvalue weighted by Crippen LogP contribution is 2.39. The van der Waals surface area contributed by atoms with Crippen LogP contribution in [0.3, 0.4) is 0 Å². The van der Waals surface area contributed by atoms with Crippen LogP contribution in [0.1, 0.15) is 26.2 Å². The topological polar surface area (TPSA) is 102 Å². The number of allylic oxidation sites excluding steroid dienone is 1.